The monoisotopic (exact) mass is 556 g/mol. The van der Waals surface area contributed by atoms with Crippen molar-refractivity contribution in [1.29, 1.82) is 0 Å². The Labute approximate surface area is 231 Å². The molecule has 6 aromatic rings. The van der Waals surface area contributed by atoms with Crippen molar-refractivity contribution in [2.24, 2.45) is 0 Å². The van der Waals surface area contributed by atoms with Gasteiger partial charge in [0.25, 0.3) is 5.91 Å². The molecule has 194 valence electrons. The summed E-state index contributed by atoms with van der Waals surface area (Å²) in [7, 11) is 1.52. The number of pyridine rings is 1. The Bertz CT molecular complexity index is 1890. The van der Waals surface area contributed by atoms with Crippen LogP contribution >= 0.6 is 22.9 Å². The van der Waals surface area contributed by atoms with Gasteiger partial charge in [0.2, 0.25) is 0 Å². The van der Waals surface area contributed by atoms with Crippen LogP contribution in [0, 0.1) is 0 Å². The Balaban J connectivity index is 1.27. The van der Waals surface area contributed by atoms with Crippen LogP contribution in [0.1, 0.15) is 17.3 Å². The second kappa shape index (κ2) is 10.1. The molecule has 3 aromatic carbocycles. The summed E-state index contributed by atoms with van der Waals surface area (Å²) in [5.74, 6) is -0.694. The Hall–Kier alpha value is -4.40. The first kappa shape index (κ1) is 24.9. The summed E-state index contributed by atoms with van der Waals surface area (Å²) >= 11 is 7.48. The molecular weight excluding hydrogens is 536 g/mol. The molecule has 6 rings (SSSR count). The molecule has 0 aliphatic carbocycles. The summed E-state index contributed by atoms with van der Waals surface area (Å²) in [6.07, 6.45) is -1.10. The van der Waals surface area contributed by atoms with E-state index in [-0.39, 0.29) is 0 Å². The van der Waals surface area contributed by atoms with Crippen molar-refractivity contribution in [1.82, 2.24) is 4.98 Å². The number of benzene rings is 3. The molecule has 1 N–H and O–H groups in total. The lowest BCUT2D eigenvalue weighted by Crippen LogP contribution is -2.30. The SMILES string of the molecule is COc1cc2c(cc1NC(=O)[C@H](C)OC(=O)c1cc(-c3ccc(Cl)s3)nc3ccccc13)oc1ccccc12. The third kappa shape index (κ3) is 4.69. The van der Waals surface area contributed by atoms with Crippen molar-refractivity contribution in [3.05, 3.63) is 88.8 Å². The first-order valence-corrected chi connectivity index (χ1v) is 13.3. The van der Waals surface area contributed by atoms with Crippen LogP contribution in [0.4, 0.5) is 5.69 Å². The average Bonchev–Trinajstić information content (AvgIpc) is 3.54. The molecule has 0 spiro atoms. The van der Waals surface area contributed by atoms with E-state index >= 15 is 0 Å². The smallest absolute Gasteiger partial charge is 0.339 e. The van der Waals surface area contributed by atoms with Gasteiger partial charge < -0.3 is 19.2 Å². The molecule has 0 radical (unpaired) electrons. The summed E-state index contributed by atoms with van der Waals surface area (Å²) < 4.78 is 17.7. The maximum absolute atomic E-state index is 13.3. The number of nitrogens with one attached hydrogen (secondary N) is 1. The topological polar surface area (TPSA) is 90.7 Å². The summed E-state index contributed by atoms with van der Waals surface area (Å²) in [4.78, 5) is 31.9. The first-order chi connectivity index (χ1) is 18.9. The van der Waals surface area contributed by atoms with E-state index in [4.69, 9.17) is 25.5 Å². The number of ether oxygens (including phenoxy) is 2. The zero-order valence-corrected chi connectivity index (χ0v) is 22.4. The van der Waals surface area contributed by atoms with Crippen LogP contribution < -0.4 is 10.1 Å². The van der Waals surface area contributed by atoms with E-state index in [0.717, 1.165) is 21.2 Å². The minimum absolute atomic E-state index is 0.307. The van der Waals surface area contributed by atoms with Gasteiger partial charge in [0.15, 0.2) is 6.10 Å². The van der Waals surface area contributed by atoms with Crippen LogP contribution in [0.15, 0.2) is 83.3 Å². The highest BCUT2D eigenvalue weighted by Gasteiger charge is 2.23. The number of halogens is 1. The molecule has 0 saturated heterocycles. The molecule has 0 aliphatic rings. The maximum Gasteiger partial charge on any atom is 0.339 e. The zero-order chi connectivity index (χ0) is 27.1. The number of anilines is 1. The van der Waals surface area contributed by atoms with Gasteiger partial charge in [0, 0.05) is 22.2 Å². The number of para-hydroxylation sites is 2. The molecule has 1 atom stereocenters. The lowest BCUT2D eigenvalue weighted by Gasteiger charge is -2.16. The fourth-order valence-electron chi connectivity index (χ4n) is 4.45. The van der Waals surface area contributed by atoms with Crippen molar-refractivity contribution in [2.45, 2.75) is 13.0 Å². The Morgan fingerprint density at radius 1 is 0.949 bits per heavy atom. The molecular formula is C30H21ClN2O5S. The third-order valence-electron chi connectivity index (χ3n) is 6.37. The maximum atomic E-state index is 13.3. The molecule has 9 heteroatoms. The van der Waals surface area contributed by atoms with Crippen LogP contribution in [0.5, 0.6) is 5.75 Å². The quantitative estimate of drug-likeness (QED) is 0.211. The number of hydrogen-bond donors (Lipinski definition) is 1. The van der Waals surface area contributed by atoms with Gasteiger partial charge in [-0.25, -0.2) is 9.78 Å². The average molecular weight is 557 g/mol. The number of methoxy groups -OCH3 is 1. The number of hydrogen-bond acceptors (Lipinski definition) is 7. The van der Waals surface area contributed by atoms with Crippen LogP contribution in [0.2, 0.25) is 4.34 Å². The highest BCUT2D eigenvalue weighted by molar-refractivity contribution is 7.19. The van der Waals surface area contributed by atoms with Gasteiger partial charge in [-0.15, -0.1) is 11.3 Å². The summed E-state index contributed by atoms with van der Waals surface area (Å²) in [5, 5.41) is 5.24. The predicted molar refractivity (Wildman–Crippen MR) is 154 cm³/mol. The van der Waals surface area contributed by atoms with E-state index in [2.05, 4.69) is 10.3 Å². The molecule has 7 nitrogen and oxygen atoms in total. The summed E-state index contributed by atoms with van der Waals surface area (Å²) in [6.45, 7) is 1.52. The van der Waals surface area contributed by atoms with Crippen molar-refractivity contribution in [3.63, 3.8) is 0 Å². The van der Waals surface area contributed by atoms with Gasteiger partial charge in [0.1, 0.15) is 16.9 Å². The number of amides is 1. The number of esters is 1. The Kier molecular flexibility index (Phi) is 6.42. The Morgan fingerprint density at radius 2 is 1.72 bits per heavy atom. The van der Waals surface area contributed by atoms with E-state index in [0.29, 0.717) is 43.5 Å². The molecule has 0 bridgehead atoms. The minimum atomic E-state index is -1.10. The second-order valence-electron chi connectivity index (χ2n) is 8.86. The van der Waals surface area contributed by atoms with Gasteiger partial charge in [-0.05, 0) is 43.3 Å². The first-order valence-electron chi connectivity index (χ1n) is 12.1. The van der Waals surface area contributed by atoms with E-state index in [1.165, 1.54) is 25.4 Å². The van der Waals surface area contributed by atoms with Crippen LogP contribution in [-0.2, 0) is 9.53 Å². The molecule has 0 unspecified atom stereocenters. The van der Waals surface area contributed by atoms with E-state index in [1.807, 2.05) is 54.6 Å². The van der Waals surface area contributed by atoms with Gasteiger partial charge in [-0.2, -0.15) is 0 Å². The molecule has 3 heterocycles. The van der Waals surface area contributed by atoms with Crippen molar-refractivity contribution in [2.75, 3.05) is 12.4 Å². The zero-order valence-electron chi connectivity index (χ0n) is 20.9. The number of carbonyl (C=O) groups excluding carboxylic acids is 2. The molecule has 0 aliphatic heterocycles. The van der Waals surface area contributed by atoms with Crippen molar-refractivity contribution < 1.29 is 23.5 Å². The Morgan fingerprint density at radius 3 is 2.49 bits per heavy atom. The van der Waals surface area contributed by atoms with E-state index in [9.17, 15) is 9.59 Å². The molecule has 1 amide bonds. The summed E-state index contributed by atoms with van der Waals surface area (Å²) in [6, 6.07) is 23.7. The van der Waals surface area contributed by atoms with Crippen LogP contribution in [-0.4, -0.2) is 30.1 Å². The highest BCUT2D eigenvalue weighted by atomic mass is 35.5. The van der Waals surface area contributed by atoms with Crippen molar-refractivity contribution >= 4 is 73.3 Å². The minimum Gasteiger partial charge on any atom is -0.495 e. The van der Waals surface area contributed by atoms with Crippen molar-refractivity contribution in [3.8, 4) is 16.3 Å². The van der Waals surface area contributed by atoms with Gasteiger partial charge >= 0.3 is 5.97 Å². The standard InChI is InChI=1S/C30H21ClN2O5S/c1-16(29(34)33-22-15-25-19(14-26(22)36-2)18-8-4-6-10-24(18)38-25)37-30(35)20-13-23(27-11-12-28(31)39-27)32-21-9-5-3-7-17(20)21/h3-16H,1-2H3,(H,33,34)/t16-/m0/s1. The lowest BCUT2D eigenvalue weighted by molar-refractivity contribution is -0.123. The lowest BCUT2D eigenvalue weighted by atomic mass is 10.1. The fraction of sp³-hybridized carbons (Fsp3) is 0.100. The van der Waals surface area contributed by atoms with Gasteiger partial charge in [-0.3, -0.25) is 4.79 Å². The van der Waals surface area contributed by atoms with E-state index in [1.54, 1.807) is 24.3 Å². The van der Waals surface area contributed by atoms with Gasteiger partial charge in [0.05, 0.1) is 38.8 Å². The number of rotatable bonds is 6. The predicted octanol–water partition coefficient (Wildman–Crippen LogP) is 7.71. The van der Waals surface area contributed by atoms with Crippen LogP contribution in [0.25, 0.3) is 43.4 Å². The van der Waals surface area contributed by atoms with Crippen LogP contribution in [0.3, 0.4) is 0 Å². The fourth-order valence-corrected chi connectivity index (χ4v) is 5.46. The normalized spacial score (nSPS) is 12.1. The largest absolute Gasteiger partial charge is 0.495 e. The van der Waals surface area contributed by atoms with E-state index < -0.39 is 18.0 Å². The highest BCUT2D eigenvalue weighted by Crippen LogP contribution is 2.37. The number of thiophene rings is 1. The molecule has 0 fully saturated rings. The third-order valence-corrected chi connectivity index (χ3v) is 7.63. The number of carbonyl (C=O) groups is 2. The number of aromatic nitrogens is 1. The number of furan rings is 1. The summed E-state index contributed by atoms with van der Waals surface area (Å²) in [5.41, 5.74) is 3.27. The number of nitrogens with zero attached hydrogens (tertiary/aromatic N) is 1. The molecule has 0 saturated carbocycles. The molecule has 39 heavy (non-hydrogen) atoms. The second-order valence-corrected chi connectivity index (χ2v) is 10.6. The number of fused-ring (bicyclic) bond motifs is 4. The molecule has 3 aromatic heterocycles. The van der Waals surface area contributed by atoms with Gasteiger partial charge in [-0.1, -0.05) is 48.0 Å².